The Hall–Kier alpha value is -4.41. The van der Waals surface area contributed by atoms with Crippen LogP contribution in [0.2, 0.25) is 0 Å². The Morgan fingerprint density at radius 2 is 0.960 bits per heavy atom. The molecule has 1 atom stereocenters. The van der Waals surface area contributed by atoms with Crippen molar-refractivity contribution in [2.75, 3.05) is 0 Å². The van der Waals surface area contributed by atoms with Gasteiger partial charge in [-0.1, -0.05) is 60.7 Å². The molecule has 0 fully saturated rings. The molecule has 0 spiro atoms. The topological polar surface area (TPSA) is 146 Å². The predicted octanol–water partition coefficient (Wildman–Crippen LogP) is 6.74. The molecule has 2 rings (SSSR count). The van der Waals surface area contributed by atoms with Crippen molar-refractivity contribution in [3.63, 3.8) is 0 Å². The number of nitrogens with one attached hydrogen (secondary N) is 2. The van der Waals surface area contributed by atoms with Crippen LogP contribution in [0.15, 0.2) is 60.7 Å². The number of esters is 3. The van der Waals surface area contributed by atoms with Crippen LogP contribution in [0, 0.1) is 0 Å². The zero-order chi connectivity index (χ0) is 37.6. The van der Waals surface area contributed by atoms with E-state index >= 15 is 0 Å². The second kappa shape index (κ2) is 18.5. The molecule has 2 aromatic carbocycles. The largest absolute Gasteiger partial charge is 0.460 e. The SMILES string of the molecule is CC(C)(C)OC(=O)CCC(CCC(=O)OC(C)(C)C)(CCC(=O)OC(C)(C)C)NC(=O)[C@H](Cc1ccccc1)NC(=O)OCc1ccccc1. The van der Waals surface area contributed by atoms with E-state index < -0.39 is 58.3 Å². The zero-order valence-electron chi connectivity index (χ0n) is 31.2. The van der Waals surface area contributed by atoms with Crippen LogP contribution in [-0.2, 0) is 51.2 Å². The Morgan fingerprint density at radius 3 is 1.34 bits per heavy atom. The summed E-state index contributed by atoms with van der Waals surface area (Å²) in [7, 11) is 0. The highest BCUT2D eigenvalue weighted by atomic mass is 16.6. The molecule has 0 heterocycles. The third-order valence-electron chi connectivity index (χ3n) is 7.18. The molecule has 2 amide bonds. The van der Waals surface area contributed by atoms with Gasteiger partial charge in [-0.25, -0.2) is 4.79 Å². The Kier molecular flexibility index (Phi) is 15.5. The summed E-state index contributed by atoms with van der Waals surface area (Å²) in [6, 6.07) is 17.2. The molecule has 0 saturated carbocycles. The lowest BCUT2D eigenvalue weighted by molar-refractivity contribution is -0.155. The van der Waals surface area contributed by atoms with Crippen LogP contribution in [0.3, 0.4) is 0 Å². The standard InChI is InChI=1S/C39H56N2O9/c1-36(2,3)48-31(42)20-23-39(24-21-32(43)49-37(4,5)6,25-22-33(44)50-38(7,8)9)41-34(45)30(26-28-16-12-10-13-17-28)40-35(46)47-27-29-18-14-11-15-19-29/h10-19,30H,20-27H2,1-9H3,(H,40,46)(H,41,45)/t30-/m0/s1. The van der Waals surface area contributed by atoms with Crippen LogP contribution in [-0.4, -0.2) is 58.3 Å². The number of benzene rings is 2. The van der Waals surface area contributed by atoms with Crippen molar-refractivity contribution in [3.8, 4) is 0 Å². The minimum atomic E-state index is -1.27. The summed E-state index contributed by atoms with van der Waals surface area (Å²) in [4.78, 5) is 66.2. The van der Waals surface area contributed by atoms with E-state index in [1.165, 1.54) is 0 Å². The summed E-state index contributed by atoms with van der Waals surface area (Å²) in [5.41, 5.74) is -1.97. The van der Waals surface area contributed by atoms with Gasteiger partial charge in [0.05, 0.1) is 0 Å². The molecule has 50 heavy (non-hydrogen) atoms. The molecule has 11 nitrogen and oxygen atoms in total. The highest BCUT2D eigenvalue weighted by Gasteiger charge is 2.38. The van der Waals surface area contributed by atoms with Crippen molar-refractivity contribution in [1.82, 2.24) is 10.6 Å². The van der Waals surface area contributed by atoms with E-state index in [0.717, 1.165) is 11.1 Å². The van der Waals surface area contributed by atoms with Gasteiger partial charge in [-0.2, -0.15) is 0 Å². The lowest BCUT2D eigenvalue weighted by atomic mass is 9.83. The fourth-order valence-electron chi connectivity index (χ4n) is 5.08. The third kappa shape index (κ3) is 17.8. The molecule has 2 N–H and O–H groups in total. The molecule has 276 valence electrons. The lowest BCUT2D eigenvalue weighted by Gasteiger charge is -2.37. The van der Waals surface area contributed by atoms with Gasteiger partial charge in [0.1, 0.15) is 29.5 Å². The molecule has 0 radical (unpaired) electrons. The summed E-state index contributed by atoms with van der Waals surface area (Å²) >= 11 is 0. The van der Waals surface area contributed by atoms with Crippen LogP contribution in [0.4, 0.5) is 4.79 Å². The number of carbonyl (C=O) groups excluding carboxylic acids is 5. The Bertz CT molecular complexity index is 1330. The van der Waals surface area contributed by atoms with Gasteiger partial charge in [0.2, 0.25) is 5.91 Å². The van der Waals surface area contributed by atoms with E-state index in [4.69, 9.17) is 18.9 Å². The van der Waals surface area contributed by atoms with E-state index in [-0.39, 0.29) is 51.6 Å². The predicted molar refractivity (Wildman–Crippen MR) is 190 cm³/mol. The minimum absolute atomic E-state index is 0.00203. The maximum Gasteiger partial charge on any atom is 0.408 e. The van der Waals surface area contributed by atoms with Gasteiger partial charge >= 0.3 is 24.0 Å². The van der Waals surface area contributed by atoms with Gasteiger partial charge in [0.25, 0.3) is 0 Å². The summed E-state index contributed by atoms with van der Waals surface area (Å²) in [6.45, 7) is 15.8. The average Bonchev–Trinajstić information content (AvgIpc) is 2.99. The normalized spacial score (nSPS) is 12.7. The maximum absolute atomic E-state index is 14.3. The molecule has 0 aliphatic heterocycles. The van der Waals surface area contributed by atoms with Crippen molar-refractivity contribution in [1.29, 1.82) is 0 Å². The molecule has 0 aliphatic rings. The summed E-state index contributed by atoms with van der Waals surface area (Å²) in [6.07, 6.45) is -0.913. The molecule has 2 aromatic rings. The number of amides is 2. The van der Waals surface area contributed by atoms with Crippen molar-refractivity contribution in [2.45, 2.75) is 142 Å². The second-order valence-corrected chi connectivity index (χ2v) is 15.5. The van der Waals surface area contributed by atoms with Gasteiger partial charge < -0.3 is 29.6 Å². The third-order valence-corrected chi connectivity index (χ3v) is 7.18. The van der Waals surface area contributed by atoms with Crippen LogP contribution in [0.1, 0.15) is 112 Å². The first-order valence-electron chi connectivity index (χ1n) is 17.1. The molecular weight excluding hydrogens is 640 g/mol. The Balaban J connectivity index is 2.46. The van der Waals surface area contributed by atoms with Crippen LogP contribution >= 0.6 is 0 Å². The first-order valence-corrected chi connectivity index (χ1v) is 17.1. The van der Waals surface area contributed by atoms with Gasteiger partial charge in [-0.15, -0.1) is 0 Å². The molecule has 0 bridgehead atoms. The molecular formula is C39H56N2O9. The summed E-state index contributed by atoms with van der Waals surface area (Å²) in [5, 5.41) is 5.75. The Labute approximate surface area is 297 Å². The van der Waals surface area contributed by atoms with E-state index in [1.807, 2.05) is 60.7 Å². The van der Waals surface area contributed by atoms with Crippen molar-refractivity contribution in [2.24, 2.45) is 0 Å². The molecule has 0 saturated heterocycles. The number of hydrogen-bond acceptors (Lipinski definition) is 9. The molecule has 0 unspecified atom stereocenters. The van der Waals surface area contributed by atoms with E-state index in [0.29, 0.717) is 0 Å². The van der Waals surface area contributed by atoms with Gasteiger partial charge in [0, 0.05) is 31.2 Å². The summed E-state index contributed by atoms with van der Waals surface area (Å²) in [5.74, 6) is -2.10. The van der Waals surface area contributed by atoms with Crippen LogP contribution in [0.5, 0.6) is 0 Å². The van der Waals surface area contributed by atoms with Gasteiger partial charge in [-0.3, -0.25) is 19.2 Å². The van der Waals surface area contributed by atoms with Crippen LogP contribution < -0.4 is 10.6 Å². The van der Waals surface area contributed by atoms with E-state index in [9.17, 15) is 24.0 Å². The summed E-state index contributed by atoms with van der Waals surface area (Å²) < 4.78 is 22.1. The monoisotopic (exact) mass is 696 g/mol. The van der Waals surface area contributed by atoms with E-state index in [2.05, 4.69) is 10.6 Å². The molecule has 0 aliphatic carbocycles. The van der Waals surface area contributed by atoms with Crippen molar-refractivity contribution in [3.05, 3.63) is 71.8 Å². The van der Waals surface area contributed by atoms with Crippen molar-refractivity contribution < 1.29 is 42.9 Å². The quantitative estimate of drug-likeness (QED) is 0.144. The highest BCUT2D eigenvalue weighted by Crippen LogP contribution is 2.29. The van der Waals surface area contributed by atoms with Crippen LogP contribution in [0.25, 0.3) is 0 Å². The first-order chi connectivity index (χ1) is 23.1. The van der Waals surface area contributed by atoms with Gasteiger partial charge in [-0.05, 0) is 92.7 Å². The fraction of sp³-hybridized carbons (Fsp3) is 0.564. The second-order valence-electron chi connectivity index (χ2n) is 15.5. The highest BCUT2D eigenvalue weighted by molar-refractivity contribution is 5.87. The number of ether oxygens (including phenoxy) is 4. The van der Waals surface area contributed by atoms with E-state index in [1.54, 1.807) is 62.3 Å². The number of alkyl carbamates (subject to hydrolysis) is 1. The molecule has 0 aromatic heterocycles. The fourth-order valence-corrected chi connectivity index (χ4v) is 5.08. The number of rotatable bonds is 16. The smallest absolute Gasteiger partial charge is 0.408 e. The zero-order valence-corrected chi connectivity index (χ0v) is 31.2. The average molecular weight is 697 g/mol. The first kappa shape index (κ1) is 41.8. The lowest BCUT2D eigenvalue weighted by Crippen LogP contribution is -2.57. The van der Waals surface area contributed by atoms with Gasteiger partial charge in [0.15, 0.2) is 0 Å². The molecule has 11 heteroatoms. The number of carbonyl (C=O) groups is 5. The Morgan fingerprint density at radius 1 is 0.580 bits per heavy atom. The minimum Gasteiger partial charge on any atom is -0.460 e. The maximum atomic E-state index is 14.3. The van der Waals surface area contributed by atoms with Crippen molar-refractivity contribution >= 4 is 29.9 Å². The number of hydrogen-bond donors (Lipinski definition) is 2.